The Balaban J connectivity index is -0.0000000659. The summed E-state index contributed by atoms with van der Waals surface area (Å²) in [5, 5.41) is 12.9. The summed E-state index contributed by atoms with van der Waals surface area (Å²) in [6.45, 7) is 46.3. The molecule has 0 rings (SSSR count). The van der Waals surface area contributed by atoms with Crippen LogP contribution in [0.2, 0.25) is 0 Å². The van der Waals surface area contributed by atoms with E-state index in [1.54, 1.807) is 0 Å². The van der Waals surface area contributed by atoms with Crippen molar-refractivity contribution in [1.29, 1.82) is 0 Å². The average molecular weight is 801 g/mol. The number of nitrogens with two attached hydrogens (primary N) is 4. The first-order chi connectivity index (χ1) is 25.7. The Labute approximate surface area is 360 Å². The topological polar surface area (TPSA) is 152 Å². The molecule has 1 unspecified atom stereocenters. The standard InChI is InChI=1S/C13H17N.C10H24N2.2C9H22N2.C7H17N.5H2/c1-5-6-7-8-11-14-12-9-10-13(2,3)4;1-9(7-10(2,3)4)8-12-6-5-11;2*1-9(2,3)5-4-7-11-8-6-10;1-7(2,3)5-4-6-8;;;;;/h1,14H,9-10,12H2,2-4H3;9,12H,5-8,11H2,1-4H3;2*11H,4-8,10H2,1-3H3;4-6,8H2,1-3H3;5*1H. The van der Waals surface area contributed by atoms with Gasteiger partial charge in [-0.05, 0) is 129 Å². The predicted octanol–water partition coefficient (Wildman–Crippen LogP) is 9.33. The highest BCUT2D eigenvalue weighted by atomic mass is 14.9. The van der Waals surface area contributed by atoms with Crippen LogP contribution in [0.3, 0.4) is 0 Å². The normalized spacial score (nSPS) is 11.8. The lowest BCUT2D eigenvalue weighted by Gasteiger charge is -2.23. The second-order valence-electron chi connectivity index (χ2n) is 21.0. The fourth-order valence-corrected chi connectivity index (χ4v) is 5.05. The molecule has 0 aliphatic heterocycles. The molecular formula is C48H112N8. The zero-order chi connectivity index (χ0) is 44.6. The van der Waals surface area contributed by atoms with Gasteiger partial charge in [0.05, 0.1) is 0 Å². The van der Waals surface area contributed by atoms with E-state index in [1.165, 1.54) is 44.9 Å². The highest BCUT2D eigenvalue weighted by Crippen LogP contribution is 2.24. The molecule has 12 N–H and O–H groups in total. The van der Waals surface area contributed by atoms with Crippen LogP contribution in [0.15, 0.2) is 0 Å². The number of nitrogens with one attached hydrogen (secondary N) is 4. The van der Waals surface area contributed by atoms with E-state index in [9.17, 15) is 0 Å². The van der Waals surface area contributed by atoms with Gasteiger partial charge in [0.25, 0.3) is 0 Å². The van der Waals surface area contributed by atoms with Crippen LogP contribution in [0.1, 0.15) is 176 Å². The van der Waals surface area contributed by atoms with E-state index in [1.807, 2.05) is 0 Å². The number of hydrogen-bond donors (Lipinski definition) is 8. The van der Waals surface area contributed by atoms with Crippen LogP contribution in [-0.4, -0.2) is 72.0 Å². The quantitative estimate of drug-likeness (QED) is 0.0345. The summed E-state index contributed by atoms with van der Waals surface area (Å²) in [6.07, 6.45) is 16.0. The van der Waals surface area contributed by atoms with Crippen molar-refractivity contribution in [3.8, 4) is 36.1 Å². The van der Waals surface area contributed by atoms with E-state index in [4.69, 9.17) is 29.4 Å². The Hall–Kier alpha value is -1.80. The summed E-state index contributed by atoms with van der Waals surface area (Å²) >= 11 is 0. The molecule has 8 heteroatoms. The summed E-state index contributed by atoms with van der Waals surface area (Å²) in [7, 11) is 0. The van der Waals surface area contributed by atoms with Gasteiger partial charge in [-0.25, -0.2) is 0 Å². The minimum Gasteiger partial charge on any atom is -0.345 e. The lowest BCUT2D eigenvalue weighted by molar-refractivity contribution is 0.300. The zero-order valence-electron chi connectivity index (χ0n) is 40.6. The van der Waals surface area contributed by atoms with Gasteiger partial charge in [-0.3, -0.25) is 0 Å². The maximum atomic E-state index is 5.38. The SMILES string of the molecule is C#CC#CC#CNCCCC(C)(C)C.CC(C)(C)CCCN.CC(C)(C)CCCNCCN.CC(C)(C)CCCNCCN.CC(CNCCN)CC(C)(C)C.[HH].[HH].[HH].[HH].[HH]. The van der Waals surface area contributed by atoms with E-state index in [0.29, 0.717) is 27.1 Å². The van der Waals surface area contributed by atoms with Crippen molar-refractivity contribution in [3.05, 3.63) is 0 Å². The molecule has 0 heterocycles. The second-order valence-corrected chi connectivity index (χ2v) is 21.0. The summed E-state index contributed by atoms with van der Waals surface area (Å²) in [4.78, 5) is 0. The Morgan fingerprint density at radius 3 is 1.16 bits per heavy atom. The molecule has 56 heavy (non-hydrogen) atoms. The molecule has 0 aromatic heterocycles. The maximum Gasteiger partial charge on any atom is 0.0230 e. The van der Waals surface area contributed by atoms with Crippen molar-refractivity contribution in [2.45, 2.75) is 169 Å². The maximum absolute atomic E-state index is 5.38. The van der Waals surface area contributed by atoms with Crippen molar-refractivity contribution in [3.63, 3.8) is 0 Å². The Morgan fingerprint density at radius 1 is 0.464 bits per heavy atom. The van der Waals surface area contributed by atoms with Gasteiger partial charge >= 0.3 is 0 Å². The van der Waals surface area contributed by atoms with Gasteiger partial charge in [0.2, 0.25) is 0 Å². The monoisotopic (exact) mass is 801 g/mol. The Bertz CT molecular complexity index is 976. The molecular weight excluding hydrogens is 689 g/mol. The lowest BCUT2D eigenvalue weighted by Crippen LogP contribution is -2.28. The van der Waals surface area contributed by atoms with Crippen molar-refractivity contribution >= 4 is 0 Å². The molecule has 0 saturated carbocycles. The summed E-state index contributed by atoms with van der Waals surface area (Å²) in [6, 6.07) is 2.74. The van der Waals surface area contributed by atoms with Crippen LogP contribution in [0.4, 0.5) is 0 Å². The Morgan fingerprint density at radius 2 is 0.839 bits per heavy atom. The van der Waals surface area contributed by atoms with Crippen LogP contribution < -0.4 is 44.2 Å². The van der Waals surface area contributed by atoms with Crippen LogP contribution in [0, 0.1) is 69.1 Å². The van der Waals surface area contributed by atoms with Crippen LogP contribution >= 0.6 is 0 Å². The molecule has 0 aliphatic rings. The molecule has 0 aromatic carbocycles. The van der Waals surface area contributed by atoms with Gasteiger partial charge in [0.15, 0.2) is 0 Å². The molecule has 0 radical (unpaired) electrons. The molecule has 344 valence electrons. The highest BCUT2D eigenvalue weighted by Gasteiger charge is 2.14. The van der Waals surface area contributed by atoms with Gasteiger partial charge < -0.3 is 44.2 Å². The van der Waals surface area contributed by atoms with Gasteiger partial charge in [-0.2, -0.15) is 0 Å². The van der Waals surface area contributed by atoms with Crippen molar-refractivity contribution in [2.75, 3.05) is 72.0 Å². The minimum absolute atomic E-state index is 0. The molecule has 1 atom stereocenters. The van der Waals surface area contributed by atoms with Crippen LogP contribution in [0.5, 0.6) is 0 Å². The number of terminal acetylenes is 1. The van der Waals surface area contributed by atoms with E-state index in [-0.39, 0.29) is 7.13 Å². The second kappa shape index (κ2) is 40.0. The predicted molar refractivity (Wildman–Crippen MR) is 266 cm³/mol. The van der Waals surface area contributed by atoms with E-state index in [0.717, 1.165) is 90.8 Å². The fourth-order valence-electron chi connectivity index (χ4n) is 5.05. The lowest BCUT2D eigenvalue weighted by atomic mass is 9.85. The molecule has 0 amide bonds. The third-order valence-electron chi connectivity index (χ3n) is 7.69. The molecule has 0 saturated heterocycles. The van der Waals surface area contributed by atoms with Crippen LogP contribution in [-0.2, 0) is 0 Å². The molecule has 0 fully saturated rings. The molecule has 0 aliphatic carbocycles. The van der Waals surface area contributed by atoms with E-state index < -0.39 is 0 Å². The zero-order valence-corrected chi connectivity index (χ0v) is 40.6. The highest BCUT2D eigenvalue weighted by molar-refractivity contribution is 5.33. The first-order valence-corrected chi connectivity index (χ1v) is 21.8. The minimum atomic E-state index is 0. The summed E-state index contributed by atoms with van der Waals surface area (Å²) < 4.78 is 0. The van der Waals surface area contributed by atoms with Gasteiger partial charge in [-0.1, -0.05) is 111 Å². The fraction of sp³-hybridized carbons (Fsp3) is 0.875. The smallest absolute Gasteiger partial charge is 0.0230 e. The van der Waals surface area contributed by atoms with Gasteiger partial charge in [-0.15, -0.1) is 6.42 Å². The summed E-state index contributed by atoms with van der Waals surface area (Å²) in [5.41, 5.74) is 23.7. The van der Waals surface area contributed by atoms with Crippen molar-refractivity contribution in [1.82, 2.24) is 21.3 Å². The molecule has 0 spiro atoms. The third kappa shape index (κ3) is 84.7. The van der Waals surface area contributed by atoms with E-state index >= 15 is 0 Å². The average Bonchev–Trinajstić information content (AvgIpc) is 3.03. The summed E-state index contributed by atoms with van der Waals surface area (Å²) in [5.74, 6) is 10.5. The van der Waals surface area contributed by atoms with Gasteiger partial charge in [0, 0.05) is 70.8 Å². The van der Waals surface area contributed by atoms with Crippen molar-refractivity contribution in [2.24, 2.45) is 55.9 Å². The Kier molecular flexibility index (Phi) is 45.3. The first-order valence-electron chi connectivity index (χ1n) is 21.8. The number of hydrogen-bond acceptors (Lipinski definition) is 8. The molecule has 0 aromatic rings. The molecule has 8 nitrogen and oxygen atoms in total. The van der Waals surface area contributed by atoms with E-state index in [2.05, 4.69) is 162 Å². The molecule has 0 bridgehead atoms. The van der Waals surface area contributed by atoms with Crippen LogP contribution in [0.25, 0.3) is 0 Å². The first kappa shape index (κ1) is 63.4. The largest absolute Gasteiger partial charge is 0.345 e. The van der Waals surface area contributed by atoms with Crippen molar-refractivity contribution < 1.29 is 7.13 Å². The number of rotatable bonds is 20. The van der Waals surface area contributed by atoms with Gasteiger partial charge in [0.1, 0.15) is 0 Å². The third-order valence-corrected chi connectivity index (χ3v) is 7.69.